The molecule has 2 aliphatic heterocycles. The molecule has 1 aromatic rings. The van der Waals surface area contributed by atoms with Crippen LogP contribution in [0.1, 0.15) is 101 Å². The molecule has 0 aromatic carbocycles. The summed E-state index contributed by atoms with van der Waals surface area (Å²) in [5.41, 5.74) is 1.24. The second-order valence-electron chi connectivity index (χ2n) is 10.5. The minimum atomic E-state index is 0.406. The van der Waals surface area contributed by atoms with E-state index in [9.17, 15) is 0 Å². The number of piperidine rings is 1. The molecule has 5 rings (SSSR count). The van der Waals surface area contributed by atoms with Gasteiger partial charge >= 0.3 is 0 Å². The Labute approximate surface area is 175 Å². The van der Waals surface area contributed by atoms with E-state index in [4.69, 9.17) is 16.1 Å². The highest BCUT2D eigenvalue weighted by Crippen LogP contribution is 2.52. The summed E-state index contributed by atoms with van der Waals surface area (Å²) in [6.45, 7) is 2.39. The number of rotatable bonds is 3. The van der Waals surface area contributed by atoms with E-state index in [1.54, 1.807) is 0 Å². The quantitative estimate of drug-likeness (QED) is 0.551. The zero-order valence-electron chi connectivity index (χ0n) is 17.7. The van der Waals surface area contributed by atoms with E-state index in [1.807, 2.05) is 0 Å². The topological polar surface area (TPSA) is 29.3 Å². The number of fused-ring (bicyclic) bond motifs is 2. The summed E-state index contributed by atoms with van der Waals surface area (Å²) in [6.07, 6.45) is 14.3. The number of halogens is 1. The van der Waals surface area contributed by atoms with Crippen LogP contribution in [0.2, 0.25) is 0 Å². The van der Waals surface area contributed by atoms with Crippen molar-refractivity contribution in [3.8, 4) is 0 Å². The van der Waals surface area contributed by atoms with Gasteiger partial charge in [-0.05, 0) is 82.6 Å². The van der Waals surface area contributed by atoms with Gasteiger partial charge in [0.15, 0.2) is 0 Å². The molecule has 3 heterocycles. The largest absolute Gasteiger partial charge is 0.361 e. The normalized spacial score (nSPS) is 44.7. The first-order valence-electron chi connectivity index (χ1n) is 11.9. The first-order chi connectivity index (χ1) is 13.6. The smallest absolute Gasteiger partial charge is 0.141 e. The number of alkyl halides is 1. The fraction of sp³-hybridized carbons (Fsp3) is 0.875. The molecule has 1 aromatic heterocycles. The van der Waals surface area contributed by atoms with Gasteiger partial charge in [0.1, 0.15) is 5.76 Å². The number of nitrogens with zero attached hydrogens (tertiary/aromatic N) is 2. The lowest BCUT2D eigenvalue weighted by Crippen LogP contribution is -2.47. The minimum Gasteiger partial charge on any atom is -0.361 e. The second kappa shape index (κ2) is 7.95. The van der Waals surface area contributed by atoms with Crippen LogP contribution in [0.3, 0.4) is 0 Å². The summed E-state index contributed by atoms with van der Waals surface area (Å²) < 4.78 is 6.12. The van der Waals surface area contributed by atoms with Crippen LogP contribution in [0.25, 0.3) is 0 Å². The molecule has 0 spiro atoms. The average molecular weight is 405 g/mol. The van der Waals surface area contributed by atoms with Crippen LogP contribution in [0.4, 0.5) is 0 Å². The summed E-state index contributed by atoms with van der Waals surface area (Å²) >= 11 is 6.43. The Balaban J connectivity index is 1.39. The summed E-state index contributed by atoms with van der Waals surface area (Å²) in [5, 5.41) is 5.03. The molecule has 28 heavy (non-hydrogen) atoms. The second-order valence-corrected chi connectivity index (χ2v) is 11.1. The lowest BCUT2D eigenvalue weighted by atomic mass is 9.67. The Hall–Kier alpha value is -0.540. The number of hydrogen-bond acceptors (Lipinski definition) is 3. The van der Waals surface area contributed by atoms with Gasteiger partial charge in [-0.3, -0.25) is 4.90 Å². The molecule has 0 N–H and O–H groups in total. The fourth-order valence-corrected chi connectivity index (χ4v) is 7.36. The molecule has 2 unspecified atom stereocenters. The Bertz CT molecular complexity index is 659. The zero-order chi connectivity index (χ0) is 19.3. The molecule has 0 amide bonds. The van der Waals surface area contributed by atoms with Crippen LogP contribution in [0.15, 0.2) is 10.6 Å². The van der Waals surface area contributed by atoms with E-state index < -0.39 is 0 Å². The van der Waals surface area contributed by atoms with Gasteiger partial charge < -0.3 is 4.52 Å². The molecule has 4 atom stereocenters. The highest BCUT2D eigenvalue weighted by molar-refractivity contribution is 6.20. The van der Waals surface area contributed by atoms with Gasteiger partial charge in [-0.2, -0.15) is 0 Å². The van der Waals surface area contributed by atoms with Gasteiger partial charge in [-0.15, -0.1) is 11.6 Å². The molecule has 156 valence electrons. The van der Waals surface area contributed by atoms with Crippen LogP contribution in [-0.2, 0) is 0 Å². The maximum atomic E-state index is 6.43. The molecule has 2 saturated carbocycles. The van der Waals surface area contributed by atoms with E-state index >= 15 is 0 Å². The zero-order valence-corrected chi connectivity index (χ0v) is 18.4. The van der Waals surface area contributed by atoms with Gasteiger partial charge in [0, 0.05) is 35.4 Å². The first-order valence-corrected chi connectivity index (χ1v) is 12.4. The van der Waals surface area contributed by atoms with Crippen LogP contribution in [-0.4, -0.2) is 34.6 Å². The molecule has 0 radical (unpaired) electrons. The Morgan fingerprint density at radius 2 is 1.75 bits per heavy atom. The number of hydrogen-bond donors (Lipinski definition) is 0. The Morgan fingerprint density at radius 1 is 1.00 bits per heavy atom. The summed E-state index contributed by atoms with van der Waals surface area (Å²) in [6, 6.07) is 3.80. The lowest BCUT2D eigenvalue weighted by Gasteiger charge is -2.46. The lowest BCUT2D eigenvalue weighted by molar-refractivity contribution is 0.0519. The predicted molar refractivity (Wildman–Crippen MR) is 114 cm³/mol. The number of likely N-dealkylation sites (N-methyl/N-ethyl adjacent to an activating group) is 1. The molecular weight excluding hydrogens is 368 g/mol. The third kappa shape index (κ3) is 3.55. The molecule has 4 heteroatoms. The molecule has 4 aliphatic rings. The number of aromatic nitrogens is 1. The van der Waals surface area contributed by atoms with Crippen molar-refractivity contribution in [2.45, 2.75) is 107 Å². The van der Waals surface area contributed by atoms with E-state index in [1.165, 1.54) is 82.1 Å². The molecule has 2 saturated heterocycles. The van der Waals surface area contributed by atoms with E-state index in [0.29, 0.717) is 23.3 Å². The van der Waals surface area contributed by atoms with Crippen molar-refractivity contribution < 1.29 is 4.52 Å². The maximum absolute atomic E-state index is 6.43. The van der Waals surface area contributed by atoms with Gasteiger partial charge in [0.05, 0.1) is 5.69 Å². The van der Waals surface area contributed by atoms with Gasteiger partial charge in [0.2, 0.25) is 0 Å². The van der Waals surface area contributed by atoms with E-state index in [-0.39, 0.29) is 0 Å². The first kappa shape index (κ1) is 19.4. The van der Waals surface area contributed by atoms with E-state index in [0.717, 1.165) is 23.8 Å². The predicted octanol–water partition coefficient (Wildman–Crippen LogP) is 6.33. The summed E-state index contributed by atoms with van der Waals surface area (Å²) in [7, 11) is 2.35. The maximum Gasteiger partial charge on any atom is 0.141 e. The van der Waals surface area contributed by atoms with Gasteiger partial charge in [0.25, 0.3) is 0 Å². The van der Waals surface area contributed by atoms with Crippen molar-refractivity contribution in [1.29, 1.82) is 0 Å². The average Bonchev–Trinajstić information content (AvgIpc) is 3.26. The molecular formula is C24H37ClN2O. The van der Waals surface area contributed by atoms with Gasteiger partial charge in [-0.25, -0.2) is 0 Å². The minimum absolute atomic E-state index is 0.406. The van der Waals surface area contributed by atoms with Crippen LogP contribution in [0.5, 0.6) is 0 Å². The van der Waals surface area contributed by atoms with Crippen molar-refractivity contribution in [3.63, 3.8) is 0 Å². The van der Waals surface area contributed by atoms with Crippen LogP contribution < -0.4 is 0 Å². The van der Waals surface area contributed by atoms with Crippen molar-refractivity contribution in [3.05, 3.63) is 17.5 Å². The third-order valence-electron chi connectivity index (χ3n) is 8.93. The molecule has 2 aliphatic carbocycles. The SMILES string of the molecule is CC1CCC(c2cc([C@@H]3C4CCC(C[C@@H]3C3CCC(Cl)CC3)N4C)on2)CC1. The van der Waals surface area contributed by atoms with Crippen molar-refractivity contribution in [1.82, 2.24) is 10.1 Å². The van der Waals surface area contributed by atoms with Crippen LogP contribution >= 0.6 is 11.6 Å². The van der Waals surface area contributed by atoms with Crippen molar-refractivity contribution in [2.24, 2.45) is 17.8 Å². The monoisotopic (exact) mass is 404 g/mol. The van der Waals surface area contributed by atoms with E-state index in [2.05, 4.69) is 30.1 Å². The van der Waals surface area contributed by atoms with Crippen molar-refractivity contribution in [2.75, 3.05) is 7.05 Å². The Kier molecular flexibility index (Phi) is 5.51. The Morgan fingerprint density at radius 3 is 2.50 bits per heavy atom. The molecule has 4 fully saturated rings. The fourth-order valence-electron chi connectivity index (χ4n) is 7.11. The summed E-state index contributed by atoms with van der Waals surface area (Å²) in [4.78, 5) is 2.67. The molecule has 2 bridgehead atoms. The van der Waals surface area contributed by atoms with Gasteiger partial charge in [-0.1, -0.05) is 24.9 Å². The summed E-state index contributed by atoms with van der Waals surface area (Å²) in [5.74, 6) is 4.81. The highest BCUT2D eigenvalue weighted by Gasteiger charge is 2.50. The highest BCUT2D eigenvalue weighted by atomic mass is 35.5. The third-order valence-corrected chi connectivity index (χ3v) is 9.37. The molecule has 3 nitrogen and oxygen atoms in total. The standard InChI is InChI=1S/C24H37ClN2O/c1-15-3-5-17(6-4-15)21-14-23(28-26-21)24-20(16-7-9-18(25)10-8-16)13-19-11-12-22(24)27(19)2/h14-20,22,24H,3-13H2,1-2H3/t15?,16?,17?,18?,19?,20-,22?,24+/m1/s1. The van der Waals surface area contributed by atoms with Crippen LogP contribution in [0, 0.1) is 17.8 Å². The van der Waals surface area contributed by atoms with Crippen molar-refractivity contribution >= 4 is 11.6 Å².